The van der Waals surface area contributed by atoms with Gasteiger partial charge in [0.1, 0.15) is 4.75 Å². The van der Waals surface area contributed by atoms with Gasteiger partial charge in [-0.15, -0.1) is 11.8 Å². The summed E-state index contributed by atoms with van der Waals surface area (Å²) in [5, 5.41) is 6.01. The first-order valence-electron chi connectivity index (χ1n) is 9.04. The summed E-state index contributed by atoms with van der Waals surface area (Å²) in [6.45, 7) is 2.12. The molecule has 1 spiro atoms. The molecule has 2 aromatic rings. The molecule has 1 amide bonds. The van der Waals surface area contributed by atoms with E-state index in [2.05, 4.69) is 5.10 Å². The molecule has 0 N–H and O–H groups in total. The Hall–Kier alpha value is -2.60. The van der Waals surface area contributed by atoms with Crippen molar-refractivity contribution >= 4 is 29.9 Å². The molecule has 2 aromatic carbocycles. The summed E-state index contributed by atoms with van der Waals surface area (Å²) in [4.78, 5) is 25.6. The van der Waals surface area contributed by atoms with Crippen LogP contribution in [0, 0.1) is 5.92 Å². The lowest BCUT2D eigenvalue weighted by molar-refractivity contribution is -0.158. The normalized spacial score (nSPS) is 30.2. The summed E-state index contributed by atoms with van der Waals surface area (Å²) in [5.41, 5.74) is 2.80. The van der Waals surface area contributed by atoms with E-state index in [0.29, 0.717) is 13.0 Å². The van der Waals surface area contributed by atoms with Gasteiger partial charge in [-0.05, 0) is 24.5 Å². The van der Waals surface area contributed by atoms with Crippen molar-refractivity contribution in [2.75, 3.05) is 6.61 Å². The van der Waals surface area contributed by atoms with Gasteiger partial charge < -0.3 is 4.74 Å². The summed E-state index contributed by atoms with van der Waals surface area (Å²) in [7, 11) is 0. The summed E-state index contributed by atoms with van der Waals surface area (Å²) >= 11 is 1.54. The van der Waals surface area contributed by atoms with E-state index < -0.39 is 15.5 Å². The Morgan fingerprint density at radius 3 is 2.74 bits per heavy atom. The van der Waals surface area contributed by atoms with Crippen molar-refractivity contribution in [1.82, 2.24) is 5.01 Å². The molecule has 6 heteroatoms. The fourth-order valence-corrected chi connectivity index (χ4v) is 6.54. The van der Waals surface area contributed by atoms with Crippen LogP contribution in [0.3, 0.4) is 0 Å². The first-order valence-corrected chi connectivity index (χ1v) is 9.85. The van der Waals surface area contributed by atoms with Crippen LogP contribution in [0.25, 0.3) is 0 Å². The quantitative estimate of drug-likeness (QED) is 0.770. The number of nitrogens with zero attached hydrogens (tertiary/aromatic N) is 2. The topological polar surface area (TPSA) is 59.0 Å². The van der Waals surface area contributed by atoms with Gasteiger partial charge in [-0.2, -0.15) is 5.10 Å². The third-order valence-corrected chi connectivity index (χ3v) is 7.53. The zero-order valence-corrected chi connectivity index (χ0v) is 15.6. The van der Waals surface area contributed by atoms with Crippen LogP contribution in [0.15, 0.2) is 59.7 Å². The summed E-state index contributed by atoms with van der Waals surface area (Å²) in [6.07, 6.45) is 2.13. The molecule has 5 nitrogen and oxygen atoms in total. The van der Waals surface area contributed by atoms with Crippen molar-refractivity contribution in [1.29, 1.82) is 0 Å². The number of hydrogen-bond donors (Lipinski definition) is 0. The number of carbonyl (C=O) groups is 2. The lowest BCUT2D eigenvalue weighted by atomic mass is 9.76. The second-order valence-corrected chi connectivity index (χ2v) is 8.47. The number of hydrazone groups is 1. The summed E-state index contributed by atoms with van der Waals surface area (Å²) in [6, 6.07) is 17.6. The zero-order valence-electron chi connectivity index (χ0n) is 14.8. The molecule has 3 aliphatic heterocycles. The Kier molecular flexibility index (Phi) is 3.49. The number of benzene rings is 2. The molecule has 3 atom stereocenters. The van der Waals surface area contributed by atoms with E-state index in [0.717, 1.165) is 16.7 Å². The third kappa shape index (κ3) is 1.99. The van der Waals surface area contributed by atoms with Crippen LogP contribution in [-0.4, -0.2) is 29.7 Å². The van der Waals surface area contributed by atoms with Gasteiger partial charge >= 0.3 is 5.97 Å². The summed E-state index contributed by atoms with van der Waals surface area (Å²) in [5.74, 6) is -0.809. The first-order chi connectivity index (χ1) is 13.1. The Bertz CT molecular complexity index is 976. The van der Waals surface area contributed by atoms with Gasteiger partial charge in [0.2, 0.25) is 0 Å². The Morgan fingerprint density at radius 1 is 1.22 bits per heavy atom. The number of carbonyl (C=O) groups excluding carboxylic acids is 2. The van der Waals surface area contributed by atoms with Crippen LogP contribution >= 0.6 is 11.8 Å². The molecule has 27 heavy (non-hydrogen) atoms. The number of hydrogen-bond acceptors (Lipinski definition) is 5. The van der Waals surface area contributed by atoms with Crippen molar-refractivity contribution in [2.24, 2.45) is 11.0 Å². The van der Waals surface area contributed by atoms with Gasteiger partial charge in [-0.25, -0.2) is 5.01 Å². The van der Waals surface area contributed by atoms with Gasteiger partial charge in [-0.3, -0.25) is 9.59 Å². The highest BCUT2D eigenvalue weighted by Gasteiger charge is 2.74. The zero-order chi connectivity index (χ0) is 18.6. The number of piperidine rings is 1. The van der Waals surface area contributed by atoms with Crippen LogP contribution in [0.4, 0.5) is 0 Å². The molecule has 0 saturated carbocycles. The second kappa shape index (κ2) is 5.70. The highest BCUT2D eigenvalue weighted by Crippen LogP contribution is 2.71. The molecule has 136 valence electrons. The number of fused-ring (bicyclic) bond motifs is 2. The monoisotopic (exact) mass is 378 g/mol. The maximum Gasteiger partial charge on any atom is 0.312 e. The van der Waals surface area contributed by atoms with E-state index in [9.17, 15) is 9.59 Å². The standard InChI is InChI=1S/C21H18N2O3S/c1-2-26-18(24)17-12-20(15-9-4-3-5-10-15)19(25)23-21(17,27-20)16-11-7-6-8-14(16)13-22-23/h3-11,13,17H,2,12H2,1H3. The van der Waals surface area contributed by atoms with E-state index >= 15 is 0 Å². The predicted molar refractivity (Wildman–Crippen MR) is 103 cm³/mol. The molecule has 5 rings (SSSR count). The van der Waals surface area contributed by atoms with Crippen molar-refractivity contribution in [3.63, 3.8) is 0 Å². The van der Waals surface area contributed by atoms with Gasteiger partial charge in [0.15, 0.2) is 4.87 Å². The average Bonchev–Trinajstić information content (AvgIpc) is 3.19. The molecule has 0 aliphatic carbocycles. The lowest BCUT2D eigenvalue weighted by Gasteiger charge is -2.42. The molecular weight excluding hydrogens is 360 g/mol. The maximum atomic E-state index is 13.5. The van der Waals surface area contributed by atoms with Gasteiger partial charge in [0.25, 0.3) is 5.91 Å². The Labute approximate surface area is 161 Å². The van der Waals surface area contributed by atoms with E-state index in [-0.39, 0.29) is 11.9 Å². The van der Waals surface area contributed by atoms with Crippen molar-refractivity contribution in [3.05, 3.63) is 71.3 Å². The largest absolute Gasteiger partial charge is 0.466 e. The second-order valence-electron chi connectivity index (χ2n) is 6.95. The van der Waals surface area contributed by atoms with E-state index in [1.165, 1.54) is 16.8 Å². The molecule has 3 aliphatic rings. The minimum Gasteiger partial charge on any atom is -0.466 e. The highest BCUT2D eigenvalue weighted by atomic mass is 32.2. The number of ether oxygens (including phenoxy) is 1. The maximum absolute atomic E-state index is 13.5. The fraction of sp³-hybridized carbons (Fsp3) is 0.286. The van der Waals surface area contributed by atoms with Crippen LogP contribution in [-0.2, 0) is 23.9 Å². The highest BCUT2D eigenvalue weighted by molar-refractivity contribution is 8.02. The SMILES string of the molecule is CCOC(=O)C1CC2(c3ccccc3)SC13c1ccccc1C=NN3C2=O. The van der Waals surface area contributed by atoms with Crippen molar-refractivity contribution in [2.45, 2.75) is 23.0 Å². The predicted octanol–water partition coefficient (Wildman–Crippen LogP) is 3.24. The van der Waals surface area contributed by atoms with Gasteiger partial charge in [-0.1, -0.05) is 54.6 Å². The molecule has 2 bridgehead atoms. The Balaban J connectivity index is 1.75. The number of esters is 1. The number of amides is 1. The Morgan fingerprint density at radius 2 is 1.96 bits per heavy atom. The molecular formula is C21H18N2O3S. The minimum absolute atomic E-state index is 0.0648. The van der Waals surface area contributed by atoms with Gasteiger partial charge in [0, 0.05) is 5.56 Å². The van der Waals surface area contributed by atoms with Crippen LogP contribution in [0.1, 0.15) is 30.0 Å². The molecule has 3 heterocycles. The molecule has 2 saturated heterocycles. The molecule has 3 unspecified atom stereocenters. The fourth-order valence-electron chi connectivity index (χ4n) is 4.49. The molecule has 0 radical (unpaired) electrons. The van der Waals surface area contributed by atoms with Crippen LogP contribution < -0.4 is 0 Å². The smallest absolute Gasteiger partial charge is 0.312 e. The third-order valence-electron chi connectivity index (χ3n) is 5.62. The van der Waals surface area contributed by atoms with Crippen LogP contribution in [0.2, 0.25) is 0 Å². The lowest BCUT2D eigenvalue weighted by Crippen LogP contribution is -2.54. The van der Waals surface area contributed by atoms with Crippen LogP contribution in [0.5, 0.6) is 0 Å². The van der Waals surface area contributed by atoms with E-state index in [4.69, 9.17) is 4.74 Å². The summed E-state index contributed by atoms with van der Waals surface area (Å²) < 4.78 is 4.59. The van der Waals surface area contributed by atoms with Crippen molar-refractivity contribution in [3.8, 4) is 0 Å². The van der Waals surface area contributed by atoms with Gasteiger partial charge in [0.05, 0.1) is 18.7 Å². The number of rotatable bonds is 3. The first kappa shape index (κ1) is 16.6. The molecule has 2 fully saturated rings. The van der Waals surface area contributed by atoms with Crippen molar-refractivity contribution < 1.29 is 14.3 Å². The molecule has 0 aromatic heterocycles. The van der Waals surface area contributed by atoms with E-state index in [1.807, 2.05) is 54.6 Å². The minimum atomic E-state index is -0.857. The van der Waals surface area contributed by atoms with E-state index in [1.54, 1.807) is 13.1 Å². The average molecular weight is 378 g/mol. The number of thioether (sulfide) groups is 1.